The molecular weight excluding hydrogens is 256 g/mol. The number of nitriles is 1. The van der Waals surface area contributed by atoms with Gasteiger partial charge in [-0.2, -0.15) is 5.26 Å². The number of para-hydroxylation sites is 1. The molecule has 0 radical (unpaired) electrons. The molecule has 1 aromatic heterocycles. The van der Waals surface area contributed by atoms with Crippen LogP contribution in [0.25, 0.3) is 10.9 Å². The van der Waals surface area contributed by atoms with E-state index in [2.05, 4.69) is 18.0 Å². The van der Waals surface area contributed by atoms with E-state index in [-0.39, 0.29) is 6.10 Å². The highest BCUT2D eigenvalue weighted by Gasteiger charge is 2.26. The Kier molecular flexibility index (Phi) is 3.41. The van der Waals surface area contributed by atoms with E-state index in [1.807, 2.05) is 24.3 Å². The molecule has 3 rings (SSSR count). The van der Waals surface area contributed by atoms with Crippen molar-refractivity contribution in [1.29, 1.82) is 5.26 Å². The van der Waals surface area contributed by atoms with Crippen molar-refractivity contribution >= 4 is 22.7 Å². The first-order chi connectivity index (χ1) is 9.29. The lowest BCUT2D eigenvalue weighted by molar-refractivity contribution is 0.127. The second-order valence-corrected chi connectivity index (χ2v) is 5.90. The molecule has 1 saturated heterocycles. The molecule has 3 nitrogen and oxygen atoms in total. The SMILES string of the molecule is CC1OCCC1Sc1c(C#N)cnc2ccccc12. The fourth-order valence-corrected chi connectivity index (χ4v) is 3.65. The van der Waals surface area contributed by atoms with Crippen LogP contribution in [0.1, 0.15) is 18.9 Å². The first-order valence-electron chi connectivity index (χ1n) is 6.35. The van der Waals surface area contributed by atoms with Crippen molar-refractivity contribution in [3.63, 3.8) is 0 Å². The van der Waals surface area contributed by atoms with E-state index in [0.717, 1.165) is 28.8 Å². The molecular formula is C15H14N2OS. The Hall–Kier alpha value is -1.57. The van der Waals surface area contributed by atoms with Crippen LogP contribution in [0, 0.1) is 11.3 Å². The van der Waals surface area contributed by atoms with Gasteiger partial charge in [0.15, 0.2) is 0 Å². The third kappa shape index (κ3) is 2.32. The number of aromatic nitrogens is 1. The summed E-state index contributed by atoms with van der Waals surface area (Å²) < 4.78 is 5.60. The van der Waals surface area contributed by atoms with E-state index < -0.39 is 0 Å². The van der Waals surface area contributed by atoms with Crippen molar-refractivity contribution in [3.05, 3.63) is 36.0 Å². The molecule has 1 aromatic carbocycles. The zero-order valence-electron chi connectivity index (χ0n) is 10.7. The molecule has 96 valence electrons. The molecule has 1 aliphatic heterocycles. The maximum absolute atomic E-state index is 9.28. The average molecular weight is 270 g/mol. The van der Waals surface area contributed by atoms with Gasteiger partial charge in [0.1, 0.15) is 6.07 Å². The van der Waals surface area contributed by atoms with Crippen molar-refractivity contribution in [2.24, 2.45) is 0 Å². The maximum Gasteiger partial charge on any atom is 0.102 e. The average Bonchev–Trinajstić information content (AvgIpc) is 2.85. The molecule has 1 aliphatic rings. The molecule has 0 amide bonds. The van der Waals surface area contributed by atoms with Crippen molar-refractivity contribution < 1.29 is 4.74 Å². The van der Waals surface area contributed by atoms with Crippen LogP contribution in [0.2, 0.25) is 0 Å². The van der Waals surface area contributed by atoms with Crippen LogP contribution < -0.4 is 0 Å². The van der Waals surface area contributed by atoms with Crippen LogP contribution in [0.3, 0.4) is 0 Å². The second kappa shape index (κ2) is 5.20. The molecule has 19 heavy (non-hydrogen) atoms. The summed E-state index contributed by atoms with van der Waals surface area (Å²) in [6.07, 6.45) is 2.95. The van der Waals surface area contributed by atoms with Crippen LogP contribution in [-0.2, 0) is 4.74 Å². The molecule has 0 bridgehead atoms. The van der Waals surface area contributed by atoms with Gasteiger partial charge in [-0.3, -0.25) is 4.98 Å². The van der Waals surface area contributed by atoms with Gasteiger partial charge in [-0.25, -0.2) is 0 Å². The zero-order chi connectivity index (χ0) is 13.2. The van der Waals surface area contributed by atoms with Crippen LogP contribution in [-0.4, -0.2) is 22.9 Å². The molecule has 1 fully saturated rings. The Morgan fingerprint density at radius 1 is 1.42 bits per heavy atom. The van der Waals surface area contributed by atoms with E-state index >= 15 is 0 Å². The fourth-order valence-electron chi connectivity index (χ4n) is 2.34. The number of rotatable bonds is 2. The van der Waals surface area contributed by atoms with Crippen molar-refractivity contribution in [3.8, 4) is 6.07 Å². The predicted molar refractivity (Wildman–Crippen MR) is 76.1 cm³/mol. The largest absolute Gasteiger partial charge is 0.377 e. The number of fused-ring (bicyclic) bond motifs is 1. The second-order valence-electron chi connectivity index (χ2n) is 4.65. The Morgan fingerprint density at radius 3 is 3.00 bits per heavy atom. The first kappa shape index (κ1) is 12.5. The van der Waals surface area contributed by atoms with E-state index in [9.17, 15) is 5.26 Å². The quantitative estimate of drug-likeness (QED) is 0.839. The number of hydrogen-bond donors (Lipinski definition) is 0. The topological polar surface area (TPSA) is 45.9 Å². The minimum Gasteiger partial charge on any atom is -0.377 e. The van der Waals surface area contributed by atoms with Gasteiger partial charge in [-0.05, 0) is 19.4 Å². The Labute approximate surface area is 116 Å². The van der Waals surface area contributed by atoms with Gasteiger partial charge < -0.3 is 4.74 Å². The molecule has 0 saturated carbocycles. The molecule has 0 aliphatic carbocycles. The fraction of sp³-hybridized carbons (Fsp3) is 0.333. The van der Waals surface area contributed by atoms with E-state index in [1.165, 1.54) is 0 Å². The van der Waals surface area contributed by atoms with Gasteiger partial charge in [0.2, 0.25) is 0 Å². The lowest BCUT2D eigenvalue weighted by Gasteiger charge is -2.15. The van der Waals surface area contributed by atoms with E-state index in [0.29, 0.717) is 10.8 Å². The highest BCUT2D eigenvalue weighted by atomic mass is 32.2. The molecule has 2 heterocycles. The Morgan fingerprint density at radius 2 is 2.26 bits per heavy atom. The number of hydrogen-bond acceptors (Lipinski definition) is 4. The molecule has 2 atom stereocenters. The number of pyridine rings is 1. The van der Waals surface area contributed by atoms with Crippen LogP contribution in [0.4, 0.5) is 0 Å². The highest BCUT2D eigenvalue weighted by molar-refractivity contribution is 8.00. The van der Waals surface area contributed by atoms with Crippen molar-refractivity contribution in [2.75, 3.05) is 6.61 Å². The van der Waals surface area contributed by atoms with Gasteiger partial charge in [0.05, 0.1) is 17.2 Å². The first-order valence-corrected chi connectivity index (χ1v) is 7.23. The van der Waals surface area contributed by atoms with Crippen molar-refractivity contribution in [1.82, 2.24) is 4.98 Å². The van der Waals surface area contributed by atoms with Gasteiger partial charge in [-0.15, -0.1) is 11.8 Å². The number of nitrogens with zero attached hydrogens (tertiary/aromatic N) is 2. The lowest BCUT2D eigenvalue weighted by atomic mass is 10.2. The summed E-state index contributed by atoms with van der Waals surface area (Å²) in [5, 5.41) is 10.8. The third-order valence-corrected chi connectivity index (χ3v) is 5.02. The molecule has 2 unspecified atom stereocenters. The predicted octanol–water partition coefficient (Wildman–Crippen LogP) is 3.38. The molecule has 4 heteroatoms. The summed E-state index contributed by atoms with van der Waals surface area (Å²) in [6, 6.07) is 10.2. The van der Waals surface area contributed by atoms with Crippen LogP contribution in [0.15, 0.2) is 35.4 Å². The Bertz CT molecular complexity index is 650. The minimum absolute atomic E-state index is 0.239. The van der Waals surface area contributed by atoms with Gasteiger partial charge >= 0.3 is 0 Å². The molecule has 2 aromatic rings. The Balaban J connectivity index is 2.07. The summed E-state index contributed by atoms with van der Waals surface area (Å²) in [6.45, 7) is 2.91. The van der Waals surface area contributed by atoms with E-state index in [1.54, 1.807) is 18.0 Å². The van der Waals surface area contributed by atoms with Crippen LogP contribution in [0.5, 0.6) is 0 Å². The van der Waals surface area contributed by atoms with Crippen molar-refractivity contribution in [2.45, 2.75) is 29.6 Å². The number of thioether (sulfide) groups is 1. The highest BCUT2D eigenvalue weighted by Crippen LogP contribution is 2.37. The summed E-state index contributed by atoms with van der Waals surface area (Å²) in [7, 11) is 0. The number of benzene rings is 1. The number of ether oxygens (including phenoxy) is 1. The standard InChI is InChI=1S/C15H14N2OS/c1-10-14(6-7-18-10)19-15-11(8-16)9-17-13-5-3-2-4-12(13)15/h2-5,9-10,14H,6-7H2,1H3. The van der Waals surface area contributed by atoms with E-state index in [4.69, 9.17) is 4.74 Å². The molecule has 0 N–H and O–H groups in total. The summed E-state index contributed by atoms with van der Waals surface area (Å²) in [4.78, 5) is 5.38. The smallest absolute Gasteiger partial charge is 0.102 e. The monoisotopic (exact) mass is 270 g/mol. The zero-order valence-corrected chi connectivity index (χ0v) is 11.5. The molecule has 0 spiro atoms. The lowest BCUT2D eigenvalue weighted by Crippen LogP contribution is -2.13. The minimum atomic E-state index is 0.239. The van der Waals surface area contributed by atoms with Crippen LogP contribution >= 0.6 is 11.8 Å². The van der Waals surface area contributed by atoms with Gasteiger partial charge in [-0.1, -0.05) is 18.2 Å². The summed E-state index contributed by atoms with van der Waals surface area (Å²) in [5.74, 6) is 0. The van der Waals surface area contributed by atoms with Gasteiger partial charge in [0, 0.05) is 28.3 Å². The summed E-state index contributed by atoms with van der Waals surface area (Å²) in [5.41, 5.74) is 1.60. The third-order valence-electron chi connectivity index (χ3n) is 3.42. The maximum atomic E-state index is 9.28. The normalized spacial score (nSPS) is 22.5. The van der Waals surface area contributed by atoms with Gasteiger partial charge in [0.25, 0.3) is 0 Å². The summed E-state index contributed by atoms with van der Waals surface area (Å²) >= 11 is 1.75.